The van der Waals surface area contributed by atoms with Gasteiger partial charge in [-0.25, -0.2) is 17.9 Å². The second-order valence-electron chi connectivity index (χ2n) is 3.61. The lowest BCUT2D eigenvalue weighted by atomic mass is 10.2. The third-order valence-electron chi connectivity index (χ3n) is 2.20. The van der Waals surface area contributed by atoms with Crippen LogP contribution in [0.1, 0.15) is 29.8 Å². The van der Waals surface area contributed by atoms with Crippen molar-refractivity contribution < 1.29 is 22.7 Å². The summed E-state index contributed by atoms with van der Waals surface area (Å²) in [6.45, 7) is 0.226. The first-order valence-electron chi connectivity index (χ1n) is 5.34. The summed E-state index contributed by atoms with van der Waals surface area (Å²) in [6.07, 6.45) is 6.98. The van der Waals surface area contributed by atoms with Gasteiger partial charge in [-0.2, -0.15) is 0 Å². The minimum atomic E-state index is -3.80. The van der Waals surface area contributed by atoms with Crippen LogP contribution < -0.4 is 4.72 Å². The Morgan fingerprint density at radius 1 is 1.53 bits per heavy atom. The molecule has 1 heterocycles. The summed E-state index contributed by atoms with van der Waals surface area (Å²) in [5, 5.41) is 8.71. The highest BCUT2D eigenvalue weighted by Crippen LogP contribution is 2.25. The molecule has 0 spiro atoms. The van der Waals surface area contributed by atoms with E-state index in [4.69, 9.17) is 15.9 Å². The normalized spacial score (nSPS) is 11.2. The highest BCUT2D eigenvalue weighted by atomic mass is 79.9. The van der Waals surface area contributed by atoms with Crippen molar-refractivity contribution in [2.45, 2.75) is 24.2 Å². The molecule has 8 heteroatoms. The van der Waals surface area contributed by atoms with Gasteiger partial charge in [0.2, 0.25) is 15.8 Å². The van der Waals surface area contributed by atoms with Gasteiger partial charge in [0, 0.05) is 19.0 Å². The van der Waals surface area contributed by atoms with Gasteiger partial charge in [-0.1, -0.05) is 0 Å². The molecule has 0 saturated heterocycles. The summed E-state index contributed by atoms with van der Waals surface area (Å²) >= 11 is 2.88. The number of rotatable bonds is 7. The molecule has 6 nitrogen and oxygen atoms in total. The number of hydrogen-bond donors (Lipinski definition) is 2. The van der Waals surface area contributed by atoms with E-state index in [2.05, 4.69) is 26.6 Å². The van der Waals surface area contributed by atoms with Crippen LogP contribution in [0.5, 0.6) is 0 Å². The zero-order valence-electron chi connectivity index (χ0n) is 9.85. The number of nitrogens with one attached hydrogen (secondary N) is 1. The quantitative estimate of drug-likeness (QED) is 0.578. The Hall–Kier alpha value is -1.30. The number of unbranched alkanes of at least 4 members (excludes halogenated alkanes) is 2. The average molecular weight is 350 g/mol. The zero-order chi connectivity index (χ0) is 14.5. The molecule has 1 aromatic rings. The number of carbonyl (C=O) groups is 1. The lowest BCUT2D eigenvalue weighted by Gasteiger charge is -2.03. The number of aromatic carboxylic acids is 1. The predicted octanol–water partition coefficient (Wildman–Crippen LogP) is 1.82. The molecule has 0 atom stereocenters. The maximum absolute atomic E-state index is 11.9. The van der Waals surface area contributed by atoms with Crippen LogP contribution in [0.4, 0.5) is 0 Å². The fourth-order valence-corrected chi connectivity index (χ4v) is 3.29. The summed E-state index contributed by atoms with van der Waals surface area (Å²) in [5.74, 6) is 0.675. The molecule has 0 aliphatic carbocycles. The van der Waals surface area contributed by atoms with Crippen LogP contribution in [0.15, 0.2) is 20.0 Å². The van der Waals surface area contributed by atoms with Crippen molar-refractivity contribution in [2.75, 3.05) is 6.54 Å². The number of carboxylic acids is 1. The summed E-state index contributed by atoms with van der Waals surface area (Å²) < 4.78 is 30.8. The van der Waals surface area contributed by atoms with Gasteiger partial charge in [-0.15, -0.1) is 12.3 Å². The summed E-state index contributed by atoms with van der Waals surface area (Å²) in [5.41, 5.74) is 0. The van der Waals surface area contributed by atoms with E-state index in [1.165, 1.54) is 0 Å². The van der Waals surface area contributed by atoms with Crippen molar-refractivity contribution in [1.29, 1.82) is 0 Å². The van der Waals surface area contributed by atoms with E-state index in [1.54, 1.807) is 0 Å². The van der Waals surface area contributed by atoms with Gasteiger partial charge >= 0.3 is 5.97 Å². The molecule has 0 unspecified atom stereocenters. The average Bonchev–Trinajstić information content (AvgIpc) is 2.72. The molecule has 1 aromatic heterocycles. The molecule has 0 fully saturated rings. The number of halogens is 1. The highest BCUT2D eigenvalue weighted by Gasteiger charge is 2.24. The summed E-state index contributed by atoms with van der Waals surface area (Å²) in [7, 11) is -3.80. The Balaban J connectivity index is 2.72. The lowest BCUT2D eigenvalue weighted by Crippen LogP contribution is -2.24. The largest absolute Gasteiger partial charge is 0.475 e. The number of furan rings is 1. The fraction of sp³-hybridized carbons (Fsp3) is 0.364. The van der Waals surface area contributed by atoms with Gasteiger partial charge in [0.1, 0.15) is 4.90 Å². The number of carboxylic acid groups (broad SMARTS) is 1. The Kier molecular flexibility index (Phi) is 5.60. The van der Waals surface area contributed by atoms with Gasteiger partial charge < -0.3 is 9.52 Å². The maximum atomic E-state index is 11.9. The van der Waals surface area contributed by atoms with Crippen LogP contribution in [-0.4, -0.2) is 26.0 Å². The first-order chi connectivity index (χ1) is 8.88. The Bertz CT molecular complexity index is 599. The van der Waals surface area contributed by atoms with Gasteiger partial charge in [0.25, 0.3) is 0 Å². The maximum Gasteiger partial charge on any atom is 0.371 e. The lowest BCUT2D eigenvalue weighted by molar-refractivity contribution is 0.0661. The van der Waals surface area contributed by atoms with Crippen LogP contribution in [0.3, 0.4) is 0 Å². The van der Waals surface area contributed by atoms with E-state index in [0.717, 1.165) is 6.07 Å². The molecule has 0 aliphatic rings. The molecular weight excluding hydrogens is 338 g/mol. The van der Waals surface area contributed by atoms with Crippen LogP contribution in [0.2, 0.25) is 0 Å². The Morgan fingerprint density at radius 2 is 2.21 bits per heavy atom. The molecule has 0 bridgehead atoms. The molecule has 0 aromatic carbocycles. The van der Waals surface area contributed by atoms with Gasteiger partial charge in [-0.05, 0) is 28.8 Å². The van der Waals surface area contributed by atoms with Crippen LogP contribution in [0, 0.1) is 12.3 Å². The van der Waals surface area contributed by atoms with Crippen molar-refractivity contribution in [3.63, 3.8) is 0 Å². The Morgan fingerprint density at radius 3 is 2.74 bits per heavy atom. The molecule has 19 heavy (non-hydrogen) atoms. The standard InChI is InChI=1S/C11H12BrNO5S/c1-2-3-4-5-6-13-19(16,17)9-7-8(11(14)15)18-10(9)12/h1,7,13H,3-6H2,(H,14,15). The Labute approximate surface area is 119 Å². The van der Waals surface area contributed by atoms with E-state index in [0.29, 0.717) is 19.3 Å². The van der Waals surface area contributed by atoms with Crippen molar-refractivity contribution >= 4 is 31.9 Å². The monoisotopic (exact) mass is 349 g/mol. The second-order valence-corrected chi connectivity index (χ2v) is 6.07. The highest BCUT2D eigenvalue weighted by molar-refractivity contribution is 9.10. The smallest absolute Gasteiger partial charge is 0.371 e. The van der Waals surface area contributed by atoms with E-state index in [-0.39, 0.29) is 16.1 Å². The SMILES string of the molecule is C#CCCCCNS(=O)(=O)c1cc(C(=O)O)oc1Br. The molecule has 0 saturated carbocycles. The summed E-state index contributed by atoms with van der Waals surface area (Å²) in [6, 6.07) is 0.955. The number of hydrogen-bond acceptors (Lipinski definition) is 4. The van der Waals surface area contributed by atoms with Crippen molar-refractivity contribution in [2.24, 2.45) is 0 Å². The van der Waals surface area contributed by atoms with Crippen molar-refractivity contribution in [3.8, 4) is 12.3 Å². The van der Waals surface area contributed by atoms with Gasteiger partial charge in [-0.3, -0.25) is 0 Å². The van der Waals surface area contributed by atoms with Crippen molar-refractivity contribution in [3.05, 3.63) is 16.5 Å². The number of sulfonamides is 1. The minimum absolute atomic E-state index is 0.138. The summed E-state index contributed by atoms with van der Waals surface area (Å²) in [4.78, 5) is 10.4. The van der Waals surface area contributed by atoms with Crippen LogP contribution in [-0.2, 0) is 10.0 Å². The van der Waals surface area contributed by atoms with Gasteiger partial charge in [0.15, 0.2) is 4.67 Å². The minimum Gasteiger partial charge on any atom is -0.475 e. The van der Waals surface area contributed by atoms with Crippen molar-refractivity contribution in [1.82, 2.24) is 4.72 Å². The zero-order valence-corrected chi connectivity index (χ0v) is 12.3. The molecule has 0 aliphatic heterocycles. The molecule has 2 N–H and O–H groups in total. The molecular formula is C11H12BrNO5S. The first kappa shape index (κ1) is 15.8. The van der Waals surface area contributed by atoms with E-state index in [9.17, 15) is 13.2 Å². The molecule has 104 valence electrons. The number of terminal acetylenes is 1. The van der Waals surface area contributed by atoms with Crippen LogP contribution in [0.25, 0.3) is 0 Å². The van der Waals surface area contributed by atoms with E-state index >= 15 is 0 Å². The topological polar surface area (TPSA) is 96.6 Å². The molecule has 0 radical (unpaired) electrons. The fourth-order valence-electron chi connectivity index (χ4n) is 1.28. The second kappa shape index (κ2) is 6.75. The molecule has 0 amide bonds. The third-order valence-corrected chi connectivity index (χ3v) is 4.51. The van der Waals surface area contributed by atoms with Crippen LogP contribution >= 0.6 is 15.9 Å². The van der Waals surface area contributed by atoms with E-state index in [1.807, 2.05) is 0 Å². The van der Waals surface area contributed by atoms with Gasteiger partial charge in [0.05, 0.1) is 0 Å². The molecule has 1 rings (SSSR count). The first-order valence-corrected chi connectivity index (χ1v) is 7.62. The predicted molar refractivity (Wildman–Crippen MR) is 71.2 cm³/mol. The van der Waals surface area contributed by atoms with E-state index < -0.39 is 21.8 Å². The third kappa shape index (κ3) is 4.38.